The summed E-state index contributed by atoms with van der Waals surface area (Å²) in [5.74, 6) is -3.96. The summed E-state index contributed by atoms with van der Waals surface area (Å²) >= 11 is 0. The van der Waals surface area contributed by atoms with Crippen molar-refractivity contribution in [1.82, 2.24) is 40.1 Å². The van der Waals surface area contributed by atoms with Crippen LogP contribution in [0.4, 0.5) is 18.9 Å². The number of anilines is 1. The quantitative estimate of drug-likeness (QED) is 0.274. The molecule has 3 aromatic rings. The Hall–Kier alpha value is -4.57. The van der Waals surface area contributed by atoms with Gasteiger partial charge >= 0.3 is 0 Å². The van der Waals surface area contributed by atoms with Crippen molar-refractivity contribution >= 4 is 23.4 Å². The van der Waals surface area contributed by atoms with E-state index in [1.165, 1.54) is 19.2 Å². The number of allylic oxidation sites excluding steroid dienone is 1. The lowest BCUT2D eigenvalue weighted by Gasteiger charge is -2.40. The molecule has 270 valence electrons. The van der Waals surface area contributed by atoms with Gasteiger partial charge in [0, 0.05) is 51.9 Å². The molecule has 1 aliphatic carbocycles. The maximum Gasteiger partial charge on any atom is 0.269 e. The minimum atomic E-state index is -1.75. The molecule has 1 saturated carbocycles. The smallest absolute Gasteiger partial charge is 0.269 e. The number of aromatic nitrogens is 5. The first kappa shape index (κ1) is 36.7. The second kappa shape index (κ2) is 16.0. The highest BCUT2D eigenvalue weighted by Crippen LogP contribution is 2.40. The van der Waals surface area contributed by atoms with Gasteiger partial charge < -0.3 is 25.2 Å². The lowest BCUT2D eigenvalue weighted by molar-refractivity contribution is -0.140. The van der Waals surface area contributed by atoms with E-state index in [0.717, 1.165) is 0 Å². The fourth-order valence-corrected chi connectivity index (χ4v) is 6.75. The van der Waals surface area contributed by atoms with Crippen LogP contribution in [0, 0.1) is 11.7 Å². The second-order valence-electron chi connectivity index (χ2n) is 13.2. The number of nitrogens with zero attached hydrogens (tertiary/aromatic N) is 6. The molecule has 50 heavy (non-hydrogen) atoms. The second-order valence-corrected chi connectivity index (χ2v) is 13.2. The van der Waals surface area contributed by atoms with Crippen LogP contribution in [0.2, 0.25) is 0 Å². The summed E-state index contributed by atoms with van der Waals surface area (Å²) in [4.78, 5) is 48.7. The van der Waals surface area contributed by atoms with Gasteiger partial charge in [0.1, 0.15) is 35.9 Å². The number of carbonyl (C=O) groups is 3. The Morgan fingerprint density at radius 1 is 1.16 bits per heavy atom. The van der Waals surface area contributed by atoms with Crippen molar-refractivity contribution in [3.8, 4) is 11.5 Å². The van der Waals surface area contributed by atoms with E-state index in [0.29, 0.717) is 43.7 Å². The highest BCUT2D eigenvalue weighted by molar-refractivity contribution is 5.96. The molecule has 5 rings (SSSR count). The van der Waals surface area contributed by atoms with E-state index in [-0.39, 0.29) is 54.3 Å². The van der Waals surface area contributed by atoms with E-state index in [1.54, 1.807) is 41.9 Å². The zero-order valence-corrected chi connectivity index (χ0v) is 28.9. The number of nitrogens with one attached hydrogen (secondary N) is 3. The van der Waals surface area contributed by atoms with E-state index in [4.69, 9.17) is 4.74 Å². The average Bonchev–Trinajstić information content (AvgIpc) is 3.74. The lowest BCUT2D eigenvalue weighted by atomic mass is 9.77. The monoisotopic (exact) mass is 699 g/mol. The molecule has 16 heteroatoms. The molecule has 2 aliphatic rings. The zero-order valence-electron chi connectivity index (χ0n) is 28.9. The minimum absolute atomic E-state index is 0.0114. The van der Waals surface area contributed by atoms with Crippen molar-refractivity contribution in [2.45, 2.75) is 63.5 Å². The molecule has 1 saturated heterocycles. The Morgan fingerprint density at radius 3 is 2.60 bits per heavy atom. The third kappa shape index (κ3) is 8.24. The van der Waals surface area contributed by atoms with E-state index in [9.17, 15) is 23.2 Å². The van der Waals surface area contributed by atoms with Gasteiger partial charge in [-0.2, -0.15) is 19.0 Å². The van der Waals surface area contributed by atoms with Crippen LogP contribution in [0.15, 0.2) is 42.1 Å². The molecule has 0 spiro atoms. The number of hydrogen-bond donors (Lipinski definition) is 3. The van der Waals surface area contributed by atoms with Gasteiger partial charge in [0.15, 0.2) is 5.82 Å². The number of rotatable bonds is 11. The van der Waals surface area contributed by atoms with Crippen LogP contribution >= 0.6 is 0 Å². The van der Waals surface area contributed by atoms with Crippen molar-refractivity contribution in [2.24, 2.45) is 13.0 Å². The first-order valence-electron chi connectivity index (χ1n) is 16.7. The van der Waals surface area contributed by atoms with Gasteiger partial charge in [0.25, 0.3) is 6.08 Å². The molecule has 2 fully saturated rings. The largest absolute Gasteiger partial charge is 0.375 e. The number of ether oxygens (including phenoxy) is 1. The van der Waals surface area contributed by atoms with Crippen LogP contribution in [0.3, 0.4) is 0 Å². The fourth-order valence-electron chi connectivity index (χ4n) is 6.75. The van der Waals surface area contributed by atoms with Gasteiger partial charge in [-0.25, -0.2) is 9.37 Å². The van der Waals surface area contributed by atoms with Crippen LogP contribution < -0.4 is 10.6 Å². The van der Waals surface area contributed by atoms with E-state index < -0.39 is 47.5 Å². The lowest BCUT2D eigenvalue weighted by Crippen LogP contribution is -2.58. The third-order valence-corrected chi connectivity index (χ3v) is 9.84. The summed E-state index contributed by atoms with van der Waals surface area (Å²) < 4.78 is 49.7. The minimum Gasteiger partial charge on any atom is -0.375 e. The summed E-state index contributed by atoms with van der Waals surface area (Å²) in [6.45, 7) is 5.11. The first-order chi connectivity index (χ1) is 23.9. The Balaban J connectivity index is 1.39. The highest BCUT2D eigenvalue weighted by Gasteiger charge is 2.37. The number of hydrogen-bond acceptors (Lipinski definition) is 8. The number of H-pyrrole nitrogens is 1. The SMILES string of the molecule is COCC(=O)N[C@@H](C(=O)N1CCN(C)[C@H](C)C1)[C@@H](C)c1ccc(NC(=O)C(c2nc(-c3ccnn3C)n[nH]2)C2CCCC(=C(F)F)C2)c(F)c1. The number of halogens is 3. The van der Waals surface area contributed by atoms with E-state index >= 15 is 4.39 Å². The molecule has 3 N–H and O–H groups in total. The van der Waals surface area contributed by atoms with Gasteiger partial charge in [0.05, 0.1) is 5.69 Å². The van der Waals surface area contributed by atoms with Gasteiger partial charge in [-0.05, 0) is 74.9 Å². The van der Waals surface area contributed by atoms with Gasteiger partial charge in [-0.15, -0.1) is 0 Å². The predicted molar refractivity (Wildman–Crippen MR) is 178 cm³/mol. The molecule has 2 aromatic heterocycles. The number of carbonyl (C=O) groups excluding carboxylic acids is 3. The number of methoxy groups -OCH3 is 1. The van der Waals surface area contributed by atoms with Gasteiger partial charge in [-0.1, -0.05) is 13.0 Å². The Labute approximate surface area is 288 Å². The molecule has 1 aromatic carbocycles. The van der Waals surface area contributed by atoms with Crippen LogP contribution in [0.25, 0.3) is 11.5 Å². The van der Waals surface area contributed by atoms with Crippen LogP contribution in [0.5, 0.6) is 0 Å². The number of likely N-dealkylation sites (N-methyl/N-ethyl adjacent to an activating group) is 1. The van der Waals surface area contributed by atoms with Crippen LogP contribution in [-0.4, -0.2) is 105 Å². The van der Waals surface area contributed by atoms with Gasteiger partial charge in [0.2, 0.25) is 17.7 Å². The first-order valence-corrected chi connectivity index (χ1v) is 16.7. The molecule has 1 aliphatic heterocycles. The van der Waals surface area contributed by atoms with E-state index in [1.807, 2.05) is 14.0 Å². The standard InChI is InChI=1S/C34H44F3N9O4/c1-19-17-46(14-13-44(19)3)34(49)29(40-27(47)18-50-5)20(2)21-9-10-25(24(35)16-21)39-33(48)28(22-7-6-8-23(15-22)30(36)37)32-41-31(42-43-32)26-11-12-38-45(26)4/h9-12,16,19-20,22,28-29H,6-8,13-15,17-18H2,1-5H3,(H,39,48)(H,40,47)(H,41,42,43)/t19-,20+,22?,28?,29-/m1/s1. The highest BCUT2D eigenvalue weighted by atomic mass is 19.3. The molecule has 5 atom stereocenters. The summed E-state index contributed by atoms with van der Waals surface area (Å²) in [7, 11) is 5.07. The molecule has 2 unspecified atom stereocenters. The summed E-state index contributed by atoms with van der Waals surface area (Å²) in [6, 6.07) is 5.02. The van der Waals surface area contributed by atoms with Crippen molar-refractivity contribution < 1.29 is 32.3 Å². The Bertz CT molecular complexity index is 1720. The van der Waals surface area contributed by atoms with Gasteiger partial charge in [-0.3, -0.25) is 24.2 Å². The van der Waals surface area contributed by atoms with Crippen molar-refractivity contribution in [3.05, 3.63) is 59.3 Å². The topological polar surface area (TPSA) is 150 Å². The summed E-state index contributed by atoms with van der Waals surface area (Å²) in [5.41, 5.74) is 0.859. The molecule has 13 nitrogen and oxygen atoms in total. The molecular formula is C34H44F3N9O4. The number of benzene rings is 1. The molecule has 0 radical (unpaired) electrons. The number of piperazine rings is 1. The molecular weight excluding hydrogens is 655 g/mol. The summed E-state index contributed by atoms with van der Waals surface area (Å²) in [5, 5.41) is 16.6. The van der Waals surface area contributed by atoms with Crippen LogP contribution in [0.1, 0.15) is 62.8 Å². The zero-order chi connectivity index (χ0) is 36.1. The maximum absolute atomic E-state index is 15.8. The molecule has 0 bridgehead atoms. The van der Waals surface area contributed by atoms with Crippen LogP contribution in [-0.2, 0) is 26.2 Å². The van der Waals surface area contributed by atoms with E-state index in [2.05, 4.69) is 35.8 Å². The van der Waals surface area contributed by atoms with Crippen molar-refractivity contribution in [1.29, 1.82) is 0 Å². The third-order valence-electron chi connectivity index (χ3n) is 9.84. The maximum atomic E-state index is 15.8. The summed E-state index contributed by atoms with van der Waals surface area (Å²) in [6.07, 6.45) is 0.974. The molecule has 3 heterocycles. The normalized spacial score (nSPS) is 20.2. The Morgan fingerprint density at radius 2 is 1.94 bits per heavy atom. The molecule has 3 amide bonds. The number of amides is 3. The average molecular weight is 700 g/mol. The number of aryl methyl sites for hydroxylation is 1. The predicted octanol–water partition coefficient (Wildman–Crippen LogP) is 3.80. The van der Waals surface area contributed by atoms with Crippen molar-refractivity contribution in [2.75, 3.05) is 45.7 Å². The number of aromatic amines is 1. The Kier molecular flexibility index (Phi) is 11.7. The van der Waals surface area contributed by atoms with Crippen molar-refractivity contribution in [3.63, 3.8) is 0 Å². The fraction of sp³-hybridized carbons (Fsp3) is 0.529.